The summed E-state index contributed by atoms with van der Waals surface area (Å²) < 4.78 is 13.6. The molecule has 0 aliphatic carbocycles. The first-order valence-electron chi connectivity index (χ1n) is 5.40. The fourth-order valence-electron chi connectivity index (χ4n) is 1.59. The van der Waals surface area contributed by atoms with Crippen LogP contribution in [0.1, 0.15) is 22.0 Å². The monoisotopic (exact) mass is 279 g/mol. The van der Waals surface area contributed by atoms with Gasteiger partial charge in [-0.15, -0.1) is 0 Å². The summed E-state index contributed by atoms with van der Waals surface area (Å²) in [5, 5.41) is 14.7. The van der Waals surface area contributed by atoms with E-state index in [1.54, 1.807) is 16.8 Å². The van der Waals surface area contributed by atoms with Gasteiger partial charge in [0.05, 0.1) is 5.56 Å². The van der Waals surface area contributed by atoms with Crippen molar-refractivity contribution in [1.82, 2.24) is 5.32 Å². The normalized spacial score (nSPS) is 11.8. The third-order valence-electron chi connectivity index (χ3n) is 2.52. The number of thiophene rings is 1. The highest BCUT2D eigenvalue weighted by molar-refractivity contribution is 7.08. The number of carbonyl (C=O) groups excluding carboxylic acids is 1. The Morgan fingerprint density at radius 1 is 1.26 bits per heavy atom. The fraction of sp³-hybridized carbons (Fsp3) is 0.0769. The van der Waals surface area contributed by atoms with E-state index in [2.05, 4.69) is 5.32 Å². The number of aliphatic carboxylic acids is 1. The minimum Gasteiger partial charge on any atom is -0.479 e. The summed E-state index contributed by atoms with van der Waals surface area (Å²) in [4.78, 5) is 23.0. The number of nitrogens with one attached hydrogen (secondary N) is 1. The Kier molecular flexibility index (Phi) is 3.91. The number of hydrogen-bond donors (Lipinski definition) is 2. The smallest absolute Gasteiger partial charge is 0.331 e. The molecule has 4 nitrogen and oxygen atoms in total. The van der Waals surface area contributed by atoms with E-state index >= 15 is 0 Å². The molecule has 0 bridgehead atoms. The predicted molar refractivity (Wildman–Crippen MR) is 68.6 cm³/mol. The number of carboxylic acid groups (broad SMARTS) is 1. The van der Waals surface area contributed by atoms with Crippen LogP contribution in [0, 0.1) is 5.82 Å². The summed E-state index contributed by atoms with van der Waals surface area (Å²) in [6.45, 7) is 0. The zero-order valence-electron chi connectivity index (χ0n) is 9.67. The first kappa shape index (κ1) is 13.2. The molecule has 0 unspecified atom stereocenters. The summed E-state index contributed by atoms with van der Waals surface area (Å²) in [5.41, 5.74) is 0.283. The Morgan fingerprint density at radius 3 is 2.58 bits per heavy atom. The molecule has 2 rings (SSSR count). The number of benzene rings is 1. The molecule has 0 aliphatic heterocycles. The van der Waals surface area contributed by atoms with Gasteiger partial charge < -0.3 is 10.4 Å². The molecule has 0 saturated carbocycles. The SMILES string of the molecule is O=C(N[C@@H](C(=O)O)c1ccccc1F)c1ccsc1. The van der Waals surface area contributed by atoms with Crippen LogP contribution < -0.4 is 5.32 Å². The Balaban J connectivity index is 2.25. The van der Waals surface area contributed by atoms with Crippen LogP contribution in [0.4, 0.5) is 4.39 Å². The van der Waals surface area contributed by atoms with Crippen molar-refractivity contribution in [3.8, 4) is 0 Å². The molecule has 0 aliphatic rings. The van der Waals surface area contributed by atoms with Crippen molar-refractivity contribution in [1.29, 1.82) is 0 Å². The molecule has 2 N–H and O–H groups in total. The third kappa shape index (κ3) is 2.97. The van der Waals surface area contributed by atoms with Crippen LogP contribution in [0.2, 0.25) is 0 Å². The molecule has 2 aromatic rings. The molecule has 0 radical (unpaired) electrons. The van der Waals surface area contributed by atoms with E-state index in [1.165, 1.54) is 29.5 Å². The first-order chi connectivity index (χ1) is 9.09. The predicted octanol–water partition coefficient (Wildman–Crippen LogP) is 2.44. The van der Waals surface area contributed by atoms with Gasteiger partial charge in [0.15, 0.2) is 6.04 Å². The van der Waals surface area contributed by atoms with E-state index < -0.39 is 23.7 Å². The molecule has 1 atom stereocenters. The highest BCUT2D eigenvalue weighted by Crippen LogP contribution is 2.18. The summed E-state index contributed by atoms with van der Waals surface area (Å²) in [5.74, 6) is -2.52. The molecule has 1 aromatic heterocycles. The fourth-order valence-corrected chi connectivity index (χ4v) is 2.23. The van der Waals surface area contributed by atoms with E-state index in [-0.39, 0.29) is 5.56 Å². The van der Waals surface area contributed by atoms with Crippen molar-refractivity contribution in [2.45, 2.75) is 6.04 Å². The van der Waals surface area contributed by atoms with Crippen LogP contribution in [0.3, 0.4) is 0 Å². The van der Waals surface area contributed by atoms with E-state index in [0.29, 0.717) is 5.56 Å². The maximum atomic E-state index is 13.6. The van der Waals surface area contributed by atoms with E-state index in [1.807, 2.05) is 0 Å². The highest BCUT2D eigenvalue weighted by Gasteiger charge is 2.25. The van der Waals surface area contributed by atoms with Crippen molar-refractivity contribution in [3.05, 3.63) is 58.0 Å². The Morgan fingerprint density at radius 2 is 2.00 bits per heavy atom. The van der Waals surface area contributed by atoms with Crippen LogP contribution in [-0.2, 0) is 4.79 Å². The van der Waals surface area contributed by atoms with Crippen LogP contribution in [-0.4, -0.2) is 17.0 Å². The van der Waals surface area contributed by atoms with Gasteiger partial charge in [-0.25, -0.2) is 9.18 Å². The van der Waals surface area contributed by atoms with Gasteiger partial charge in [-0.05, 0) is 17.5 Å². The average molecular weight is 279 g/mol. The van der Waals surface area contributed by atoms with Gasteiger partial charge in [0.25, 0.3) is 5.91 Å². The largest absolute Gasteiger partial charge is 0.479 e. The minimum atomic E-state index is -1.41. The second kappa shape index (κ2) is 5.62. The second-order valence-corrected chi connectivity index (χ2v) is 4.56. The molecule has 0 saturated heterocycles. The molecule has 98 valence electrons. The van der Waals surface area contributed by atoms with Crippen LogP contribution in [0.15, 0.2) is 41.1 Å². The summed E-state index contributed by atoms with van der Waals surface area (Å²) in [6.07, 6.45) is 0. The van der Waals surface area contributed by atoms with Gasteiger partial charge in [-0.3, -0.25) is 4.79 Å². The van der Waals surface area contributed by atoms with Gasteiger partial charge in [0.2, 0.25) is 0 Å². The summed E-state index contributed by atoms with van der Waals surface area (Å²) in [6, 6.07) is 5.63. The zero-order chi connectivity index (χ0) is 13.8. The van der Waals surface area contributed by atoms with E-state index in [9.17, 15) is 14.0 Å². The summed E-state index contributed by atoms with van der Waals surface area (Å²) >= 11 is 1.32. The van der Waals surface area contributed by atoms with Crippen molar-refractivity contribution in [2.24, 2.45) is 0 Å². The van der Waals surface area contributed by atoms with Crippen LogP contribution in [0.25, 0.3) is 0 Å². The lowest BCUT2D eigenvalue weighted by atomic mass is 10.1. The van der Waals surface area contributed by atoms with Crippen molar-refractivity contribution >= 4 is 23.2 Å². The molecule has 19 heavy (non-hydrogen) atoms. The van der Waals surface area contributed by atoms with Gasteiger partial charge in [0, 0.05) is 10.9 Å². The molecule has 0 fully saturated rings. The third-order valence-corrected chi connectivity index (χ3v) is 3.21. The van der Waals surface area contributed by atoms with Crippen LogP contribution >= 0.6 is 11.3 Å². The van der Waals surface area contributed by atoms with Gasteiger partial charge >= 0.3 is 5.97 Å². The lowest BCUT2D eigenvalue weighted by molar-refractivity contribution is -0.139. The molecule has 1 heterocycles. The van der Waals surface area contributed by atoms with Gasteiger partial charge in [-0.1, -0.05) is 18.2 Å². The quantitative estimate of drug-likeness (QED) is 0.903. The Hall–Kier alpha value is -2.21. The second-order valence-electron chi connectivity index (χ2n) is 3.78. The molecular weight excluding hydrogens is 269 g/mol. The topological polar surface area (TPSA) is 66.4 Å². The molecule has 0 spiro atoms. The number of rotatable bonds is 4. The van der Waals surface area contributed by atoms with E-state index in [0.717, 1.165) is 6.07 Å². The molecule has 1 aromatic carbocycles. The molecule has 6 heteroatoms. The van der Waals surface area contributed by atoms with Crippen molar-refractivity contribution < 1.29 is 19.1 Å². The van der Waals surface area contributed by atoms with E-state index in [4.69, 9.17) is 5.11 Å². The standard InChI is InChI=1S/C13H10FNO3S/c14-10-4-2-1-3-9(10)11(13(17)18)15-12(16)8-5-6-19-7-8/h1-7,11H,(H,15,16)(H,17,18)/t11-/m1/s1. The Labute approximate surface area is 112 Å². The van der Waals surface area contributed by atoms with Gasteiger partial charge in [-0.2, -0.15) is 11.3 Å². The zero-order valence-corrected chi connectivity index (χ0v) is 10.5. The molecule has 1 amide bonds. The van der Waals surface area contributed by atoms with Gasteiger partial charge in [0.1, 0.15) is 5.82 Å². The summed E-state index contributed by atoms with van der Waals surface area (Å²) in [7, 11) is 0. The first-order valence-corrected chi connectivity index (χ1v) is 6.34. The average Bonchev–Trinajstić information content (AvgIpc) is 2.90. The maximum absolute atomic E-state index is 13.6. The lowest BCUT2D eigenvalue weighted by Gasteiger charge is -2.15. The minimum absolute atomic E-state index is 0.0708. The number of amides is 1. The maximum Gasteiger partial charge on any atom is 0.331 e. The number of carboxylic acids is 1. The number of halogens is 1. The number of carbonyl (C=O) groups is 2. The van der Waals surface area contributed by atoms with Crippen molar-refractivity contribution in [2.75, 3.05) is 0 Å². The van der Waals surface area contributed by atoms with Crippen molar-refractivity contribution in [3.63, 3.8) is 0 Å². The van der Waals surface area contributed by atoms with Crippen LogP contribution in [0.5, 0.6) is 0 Å². The highest BCUT2D eigenvalue weighted by atomic mass is 32.1. The number of hydrogen-bond acceptors (Lipinski definition) is 3. The lowest BCUT2D eigenvalue weighted by Crippen LogP contribution is -2.34. The molecular formula is C13H10FNO3S. The Bertz CT molecular complexity index is 598.